The van der Waals surface area contributed by atoms with Crippen LogP contribution < -0.4 is 10.1 Å². The number of aromatic amines is 1. The normalized spacial score (nSPS) is 10.9. The Labute approximate surface area is 172 Å². The summed E-state index contributed by atoms with van der Waals surface area (Å²) in [6.07, 6.45) is 0. The first-order valence-electron chi connectivity index (χ1n) is 8.61. The van der Waals surface area contributed by atoms with Gasteiger partial charge in [0.05, 0.1) is 5.52 Å². The number of nitrogens with zero attached hydrogens (tertiary/aromatic N) is 1. The minimum Gasteiger partial charge on any atom is -0.489 e. The quantitative estimate of drug-likeness (QED) is 0.419. The molecular formula is C21H14BrF2N3O2. The summed E-state index contributed by atoms with van der Waals surface area (Å²) in [7, 11) is 0. The highest BCUT2D eigenvalue weighted by Crippen LogP contribution is 2.27. The molecule has 0 bridgehead atoms. The molecule has 0 radical (unpaired) electrons. The van der Waals surface area contributed by atoms with E-state index in [1.807, 2.05) is 0 Å². The van der Waals surface area contributed by atoms with Crippen LogP contribution in [0.3, 0.4) is 0 Å². The van der Waals surface area contributed by atoms with Gasteiger partial charge in [0.15, 0.2) is 5.82 Å². The number of carbonyl (C=O) groups excluding carboxylic acids is 1. The van der Waals surface area contributed by atoms with E-state index in [-0.39, 0.29) is 12.4 Å². The maximum atomic E-state index is 14.0. The number of halogens is 3. The van der Waals surface area contributed by atoms with Crippen molar-refractivity contribution in [1.82, 2.24) is 10.2 Å². The van der Waals surface area contributed by atoms with Gasteiger partial charge in [-0.3, -0.25) is 9.89 Å². The first-order valence-corrected chi connectivity index (χ1v) is 9.41. The van der Waals surface area contributed by atoms with Crippen LogP contribution in [0, 0.1) is 11.6 Å². The van der Waals surface area contributed by atoms with Crippen LogP contribution in [0.15, 0.2) is 65.1 Å². The maximum Gasteiger partial charge on any atom is 0.256 e. The number of amides is 1. The summed E-state index contributed by atoms with van der Waals surface area (Å²) in [5.74, 6) is -0.387. The zero-order valence-electron chi connectivity index (χ0n) is 14.9. The van der Waals surface area contributed by atoms with Gasteiger partial charge in [0, 0.05) is 21.0 Å². The molecule has 1 aromatic heterocycles. The average molecular weight is 458 g/mol. The number of H-pyrrole nitrogens is 1. The van der Waals surface area contributed by atoms with Crippen molar-refractivity contribution in [1.29, 1.82) is 0 Å². The third-order valence-electron chi connectivity index (χ3n) is 4.28. The fourth-order valence-electron chi connectivity index (χ4n) is 2.76. The van der Waals surface area contributed by atoms with Gasteiger partial charge >= 0.3 is 0 Å². The Morgan fingerprint density at radius 2 is 1.86 bits per heavy atom. The van der Waals surface area contributed by atoms with Crippen LogP contribution in [0.1, 0.15) is 15.9 Å². The second kappa shape index (κ2) is 8.00. The van der Waals surface area contributed by atoms with Crippen LogP contribution in [0.25, 0.3) is 10.9 Å². The Morgan fingerprint density at radius 3 is 2.62 bits per heavy atom. The summed E-state index contributed by atoms with van der Waals surface area (Å²) >= 11 is 3.22. The zero-order chi connectivity index (χ0) is 20.4. The van der Waals surface area contributed by atoms with Gasteiger partial charge in [-0.1, -0.05) is 22.0 Å². The van der Waals surface area contributed by atoms with Crippen LogP contribution in [0.2, 0.25) is 0 Å². The molecule has 1 amide bonds. The molecule has 0 saturated heterocycles. The Kier molecular flexibility index (Phi) is 5.26. The number of nitrogens with one attached hydrogen (secondary N) is 2. The van der Waals surface area contributed by atoms with E-state index in [1.54, 1.807) is 30.3 Å². The summed E-state index contributed by atoms with van der Waals surface area (Å²) < 4.78 is 33.3. The molecule has 0 saturated carbocycles. The van der Waals surface area contributed by atoms with Crippen LogP contribution in [-0.2, 0) is 6.61 Å². The van der Waals surface area contributed by atoms with Crippen LogP contribution in [0.5, 0.6) is 5.75 Å². The van der Waals surface area contributed by atoms with E-state index in [2.05, 4.69) is 31.4 Å². The van der Waals surface area contributed by atoms with Gasteiger partial charge in [-0.25, -0.2) is 8.78 Å². The zero-order valence-corrected chi connectivity index (χ0v) is 16.5. The molecule has 8 heteroatoms. The minimum absolute atomic E-state index is 0.0553. The number of aromatic nitrogens is 2. The molecule has 0 aliphatic heterocycles. The van der Waals surface area contributed by atoms with E-state index < -0.39 is 11.7 Å². The molecule has 4 rings (SSSR count). The lowest BCUT2D eigenvalue weighted by Gasteiger charge is -2.08. The molecule has 1 heterocycles. The van der Waals surface area contributed by atoms with Crippen molar-refractivity contribution in [2.75, 3.05) is 5.32 Å². The SMILES string of the molecule is O=C(Nc1n[nH]c2ccc(OCc3ccc(Br)cc3F)cc12)c1ccc(F)cc1. The van der Waals surface area contributed by atoms with Crippen molar-refractivity contribution in [3.63, 3.8) is 0 Å². The number of carbonyl (C=O) groups is 1. The molecule has 0 atom stereocenters. The van der Waals surface area contributed by atoms with Gasteiger partial charge in [0.1, 0.15) is 24.0 Å². The number of ether oxygens (including phenoxy) is 1. The summed E-state index contributed by atoms with van der Waals surface area (Å²) in [5, 5.41) is 10.3. The highest BCUT2D eigenvalue weighted by molar-refractivity contribution is 9.10. The smallest absolute Gasteiger partial charge is 0.256 e. The molecule has 0 aliphatic carbocycles. The third kappa shape index (κ3) is 4.27. The predicted molar refractivity (Wildman–Crippen MR) is 109 cm³/mol. The van der Waals surface area contributed by atoms with Crippen molar-refractivity contribution >= 4 is 38.6 Å². The third-order valence-corrected chi connectivity index (χ3v) is 4.78. The second-order valence-electron chi connectivity index (χ2n) is 6.27. The van der Waals surface area contributed by atoms with E-state index in [4.69, 9.17) is 4.74 Å². The van der Waals surface area contributed by atoms with Gasteiger partial charge in [-0.05, 0) is 54.6 Å². The van der Waals surface area contributed by atoms with E-state index in [1.165, 1.54) is 30.3 Å². The highest BCUT2D eigenvalue weighted by atomic mass is 79.9. The second-order valence-corrected chi connectivity index (χ2v) is 7.18. The summed E-state index contributed by atoms with van der Waals surface area (Å²) in [6.45, 7) is 0.0553. The van der Waals surface area contributed by atoms with Gasteiger partial charge in [-0.15, -0.1) is 0 Å². The molecule has 0 aliphatic rings. The van der Waals surface area contributed by atoms with E-state index in [0.29, 0.717) is 38.1 Å². The fraction of sp³-hybridized carbons (Fsp3) is 0.0476. The van der Waals surface area contributed by atoms with Crippen LogP contribution >= 0.6 is 15.9 Å². The maximum absolute atomic E-state index is 14.0. The van der Waals surface area contributed by atoms with Gasteiger partial charge in [-0.2, -0.15) is 5.10 Å². The molecule has 2 N–H and O–H groups in total. The lowest BCUT2D eigenvalue weighted by atomic mass is 10.2. The predicted octanol–water partition coefficient (Wildman–Crippen LogP) is 5.43. The van der Waals surface area contributed by atoms with Gasteiger partial charge in [0.25, 0.3) is 5.91 Å². The van der Waals surface area contributed by atoms with Gasteiger partial charge in [0.2, 0.25) is 0 Å². The highest BCUT2D eigenvalue weighted by Gasteiger charge is 2.13. The van der Waals surface area contributed by atoms with Crippen molar-refractivity contribution in [3.05, 3.63) is 87.9 Å². The van der Waals surface area contributed by atoms with Crippen LogP contribution in [0.4, 0.5) is 14.6 Å². The Balaban J connectivity index is 1.52. The molecule has 5 nitrogen and oxygen atoms in total. The summed E-state index contributed by atoms with van der Waals surface area (Å²) in [6, 6.07) is 15.1. The Hall–Kier alpha value is -3.26. The largest absolute Gasteiger partial charge is 0.489 e. The molecule has 4 aromatic rings. The lowest BCUT2D eigenvalue weighted by Crippen LogP contribution is -2.12. The molecular weight excluding hydrogens is 444 g/mol. The fourth-order valence-corrected chi connectivity index (χ4v) is 3.09. The summed E-state index contributed by atoms with van der Waals surface area (Å²) in [5.41, 5.74) is 1.42. The molecule has 146 valence electrons. The first kappa shape index (κ1) is 19.1. The monoisotopic (exact) mass is 457 g/mol. The molecule has 29 heavy (non-hydrogen) atoms. The average Bonchev–Trinajstić information content (AvgIpc) is 3.10. The van der Waals surface area contributed by atoms with E-state index in [0.717, 1.165) is 0 Å². The Morgan fingerprint density at radius 1 is 1.07 bits per heavy atom. The number of anilines is 1. The first-order chi connectivity index (χ1) is 14.0. The van der Waals surface area contributed by atoms with Gasteiger partial charge < -0.3 is 10.1 Å². The molecule has 0 spiro atoms. The molecule has 3 aromatic carbocycles. The van der Waals surface area contributed by atoms with E-state index >= 15 is 0 Å². The number of hydrogen-bond acceptors (Lipinski definition) is 3. The van der Waals surface area contributed by atoms with Crippen molar-refractivity contribution < 1.29 is 18.3 Å². The molecule has 0 unspecified atom stereocenters. The van der Waals surface area contributed by atoms with Crippen molar-refractivity contribution in [2.24, 2.45) is 0 Å². The van der Waals surface area contributed by atoms with Crippen molar-refractivity contribution in [2.45, 2.75) is 6.61 Å². The van der Waals surface area contributed by atoms with Crippen molar-refractivity contribution in [3.8, 4) is 5.75 Å². The summed E-state index contributed by atoms with van der Waals surface area (Å²) in [4.78, 5) is 12.4. The Bertz CT molecular complexity index is 1190. The number of fused-ring (bicyclic) bond motifs is 1. The molecule has 0 fully saturated rings. The van der Waals surface area contributed by atoms with Crippen LogP contribution in [-0.4, -0.2) is 16.1 Å². The topological polar surface area (TPSA) is 67.0 Å². The number of hydrogen-bond donors (Lipinski definition) is 2. The lowest BCUT2D eigenvalue weighted by molar-refractivity contribution is 0.102. The number of benzene rings is 3. The van der Waals surface area contributed by atoms with E-state index in [9.17, 15) is 13.6 Å². The standard InChI is InChI=1S/C21H14BrF2N3O2/c22-14-4-1-13(18(24)9-14)11-29-16-7-8-19-17(10-16)20(27-26-19)25-21(28)12-2-5-15(23)6-3-12/h1-10H,11H2,(H2,25,26,27,28). The number of rotatable bonds is 5. The minimum atomic E-state index is -0.421.